The van der Waals surface area contributed by atoms with Crippen LogP contribution in [0.2, 0.25) is 0 Å². The molecule has 0 unspecified atom stereocenters. The summed E-state index contributed by atoms with van der Waals surface area (Å²) in [6.45, 7) is -0.270. The first kappa shape index (κ1) is 16.3. The number of aldehydes is 1. The van der Waals surface area contributed by atoms with Crippen LogP contribution in [0.25, 0.3) is 0 Å². The summed E-state index contributed by atoms with van der Waals surface area (Å²) >= 11 is 0. The van der Waals surface area contributed by atoms with Crippen molar-refractivity contribution in [1.82, 2.24) is 0 Å². The van der Waals surface area contributed by atoms with Gasteiger partial charge in [0.05, 0.1) is 19.1 Å². The predicted molar refractivity (Wildman–Crippen MR) is 81.2 cm³/mol. The molecule has 2 rings (SSSR count). The van der Waals surface area contributed by atoms with E-state index in [0.29, 0.717) is 11.5 Å². The van der Waals surface area contributed by atoms with Crippen LogP contribution in [0.1, 0.15) is 43.6 Å². The topological polar surface area (TPSA) is 78.7 Å². The van der Waals surface area contributed by atoms with E-state index in [1.807, 2.05) is 0 Å². The summed E-state index contributed by atoms with van der Waals surface area (Å²) < 4.78 is 11.3. The summed E-state index contributed by atoms with van der Waals surface area (Å²) in [6.07, 6.45) is 5.35. The molecule has 0 bridgehead atoms. The van der Waals surface area contributed by atoms with Crippen molar-refractivity contribution in [3.8, 4) is 11.5 Å². The van der Waals surface area contributed by atoms with Crippen molar-refractivity contribution >= 4 is 6.29 Å². The normalized spacial score (nSPS) is 16.2. The fourth-order valence-electron chi connectivity index (χ4n) is 2.84. The number of hydrogen-bond acceptors (Lipinski definition) is 5. The van der Waals surface area contributed by atoms with Gasteiger partial charge in [-0.3, -0.25) is 10.1 Å². The zero-order chi connectivity index (χ0) is 15.9. The highest BCUT2D eigenvalue weighted by Crippen LogP contribution is 2.34. The minimum atomic E-state index is -0.440. The van der Waals surface area contributed by atoms with E-state index in [0.717, 1.165) is 37.5 Å². The third kappa shape index (κ3) is 4.19. The van der Waals surface area contributed by atoms with Crippen molar-refractivity contribution in [3.05, 3.63) is 33.9 Å². The van der Waals surface area contributed by atoms with Crippen molar-refractivity contribution in [2.45, 2.75) is 44.1 Å². The van der Waals surface area contributed by atoms with Gasteiger partial charge >= 0.3 is 0 Å². The zero-order valence-corrected chi connectivity index (χ0v) is 12.7. The molecule has 0 radical (unpaired) electrons. The van der Waals surface area contributed by atoms with Gasteiger partial charge in [-0.05, 0) is 43.4 Å². The Hall–Kier alpha value is -2.11. The Bertz CT molecular complexity index is 525. The van der Waals surface area contributed by atoms with Gasteiger partial charge in [-0.2, -0.15) is 0 Å². The van der Waals surface area contributed by atoms with Crippen molar-refractivity contribution in [2.75, 3.05) is 13.7 Å². The Morgan fingerprint density at radius 3 is 2.68 bits per heavy atom. The van der Waals surface area contributed by atoms with Gasteiger partial charge in [0.1, 0.15) is 6.29 Å². The molecule has 0 amide bonds. The van der Waals surface area contributed by atoms with E-state index >= 15 is 0 Å². The number of rotatable bonds is 8. The monoisotopic (exact) mass is 307 g/mol. The second-order valence-corrected chi connectivity index (χ2v) is 5.55. The molecule has 0 N–H and O–H groups in total. The molecule has 120 valence electrons. The highest BCUT2D eigenvalue weighted by Gasteiger charge is 2.22. The van der Waals surface area contributed by atoms with Crippen molar-refractivity contribution in [2.24, 2.45) is 0 Å². The third-order valence-corrected chi connectivity index (χ3v) is 4.01. The van der Waals surface area contributed by atoms with E-state index in [2.05, 4.69) is 0 Å². The number of carbonyl (C=O) groups excluding carboxylic acids is 1. The molecule has 1 atom stereocenters. The highest BCUT2D eigenvalue weighted by molar-refractivity contribution is 5.53. The van der Waals surface area contributed by atoms with Gasteiger partial charge in [0, 0.05) is 11.3 Å². The number of carbonyl (C=O) groups is 1. The smallest absolute Gasteiger partial charge is 0.211 e. The second-order valence-electron chi connectivity index (χ2n) is 5.55. The first-order chi connectivity index (χ1) is 10.6. The van der Waals surface area contributed by atoms with E-state index in [9.17, 15) is 14.9 Å². The number of hydrogen-bond donors (Lipinski definition) is 0. The zero-order valence-electron chi connectivity index (χ0n) is 12.7. The van der Waals surface area contributed by atoms with Gasteiger partial charge in [-0.15, -0.1) is 0 Å². The Labute approximate surface area is 129 Å². The summed E-state index contributed by atoms with van der Waals surface area (Å²) in [7, 11) is 1.57. The maximum Gasteiger partial charge on any atom is 0.211 e. The number of nitrogens with zero attached hydrogens (tertiary/aromatic N) is 1. The SMILES string of the molecule is COc1ccc([C@H](CC=O)C[N+](=O)[O-])cc1OC1CCCC1. The molecular formula is C16H21NO5. The predicted octanol–water partition coefficient (Wildman–Crippen LogP) is 2.97. The van der Waals surface area contributed by atoms with Crippen LogP contribution >= 0.6 is 0 Å². The van der Waals surface area contributed by atoms with E-state index in [1.54, 1.807) is 25.3 Å². The lowest BCUT2D eigenvalue weighted by Gasteiger charge is -2.18. The van der Waals surface area contributed by atoms with E-state index in [-0.39, 0.29) is 19.1 Å². The maximum atomic E-state index is 10.8. The number of benzene rings is 1. The summed E-state index contributed by atoms with van der Waals surface area (Å²) in [5, 5.41) is 10.8. The summed E-state index contributed by atoms with van der Waals surface area (Å²) in [5.74, 6) is 0.775. The molecule has 1 aliphatic carbocycles. The quantitative estimate of drug-likeness (QED) is 0.419. The van der Waals surface area contributed by atoms with Crippen LogP contribution in [0.3, 0.4) is 0 Å². The lowest BCUT2D eigenvalue weighted by atomic mass is 9.96. The standard InChI is InChI=1S/C16H21NO5/c1-21-15-7-6-12(13(8-9-18)11-17(19)20)10-16(15)22-14-4-2-3-5-14/h6-7,9-10,13-14H,2-5,8,11H2,1H3/t13-/m1/s1. The van der Waals surface area contributed by atoms with Crippen LogP contribution in [0, 0.1) is 10.1 Å². The molecular weight excluding hydrogens is 286 g/mol. The molecule has 6 nitrogen and oxygen atoms in total. The molecule has 22 heavy (non-hydrogen) atoms. The molecule has 0 saturated heterocycles. The van der Waals surface area contributed by atoms with Crippen LogP contribution in [0.15, 0.2) is 18.2 Å². The van der Waals surface area contributed by atoms with Gasteiger partial charge in [0.2, 0.25) is 6.54 Å². The number of methoxy groups -OCH3 is 1. The van der Waals surface area contributed by atoms with Gasteiger partial charge in [-0.25, -0.2) is 0 Å². The number of ether oxygens (including phenoxy) is 2. The molecule has 1 aromatic rings. The molecule has 0 aliphatic heterocycles. The Morgan fingerprint density at radius 1 is 1.36 bits per heavy atom. The molecule has 1 aliphatic rings. The van der Waals surface area contributed by atoms with Gasteiger partial charge in [-0.1, -0.05) is 6.07 Å². The molecule has 0 spiro atoms. The largest absolute Gasteiger partial charge is 0.493 e. The molecule has 6 heteroatoms. The summed E-state index contributed by atoms with van der Waals surface area (Å²) in [4.78, 5) is 21.2. The first-order valence-corrected chi connectivity index (χ1v) is 7.54. The van der Waals surface area contributed by atoms with E-state index < -0.39 is 10.8 Å². The summed E-state index contributed by atoms with van der Waals surface area (Å²) in [5.41, 5.74) is 0.734. The highest BCUT2D eigenvalue weighted by atomic mass is 16.6. The van der Waals surface area contributed by atoms with Gasteiger partial charge < -0.3 is 14.3 Å². The Morgan fingerprint density at radius 2 is 2.09 bits per heavy atom. The minimum absolute atomic E-state index is 0.121. The second kappa shape index (κ2) is 7.77. The van der Waals surface area contributed by atoms with E-state index in [4.69, 9.17) is 9.47 Å². The third-order valence-electron chi connectivity index (χ3n) is 4.01. The molecule has 1 aromatic carbocycles. The average Bonchev–Trinajstić information content (AvgIpc) is 2.99. The van der Waals surface area contributed by atoms with Crippen LogP contribution in [0.5, 0.6) is 11.5 Å². The number of nitro groups is 1. The minimum Gasteiger partial charge on any atom is -0.493 e. The Balaban J connectivity index is 2.23. The maximum absolute atomic E-state index is 10.8. The van der Waals surface area contributed by atoms with Crippen molar-refractivity contribution in [3.63, 3.8) is 0 Å². The molecule has 0 heterocycles. The fraction of sp³-hybridized carbons (Fsp3) is 0.562. The van der Waals surface area contributed by atoms with Crippen LogP contribution in [-0.4, -0.2) is 31.0 Å². The van der Waals surface area contributed by atoms with Crippen LogP contribution in [0.4, 0.5) is 0 Å². The lowest BCUT2D eigenvalue weighted by molar-refractivity contribution is -0.483. The van der Waals surface area contributed by atoms with Crippen molar-refractivity contribution in [1.29, 1.82) is 0 Å². The van der Waals surface area contributed by atoms with Gasteiger partial charge in [0.25, 0.3) is 0 Å². The van der Waals surface area contributed by atoms with Crippen LogP contribution < -0.4 is 9.47 Å². The van der Waals surface area contributed by atoms with Gasteiger partial charge in [0.15, 0.2) is 11.5 Å². The molecule has 0 aromatic heterocycles. The molecule has 1 fully saturated rings. The van der Waals surface area contributed by atoms with Crippen LogP contribution in [-0.2, 0) is 4.79 Å². The lowest BCUT2D eigenvalue weighted by Crippen LogP contribution is -2.15. The average molecular weight is 307 g/mol. The van der Waals surface area contributed by atoms with Crippen molar-refractivity contribution < 1.29 is 19.2 Å². The van der Waals surface area contributed by atoms with E-state index in [1.165, 1.54) is 0 Å². The first-order valence-electron chi connectivity index (χ1n) is 7.54. The Kier molecular flexibility index (Phi) is 5.75. The summed E-state index contributed by atoms with van der Waals surface area (Å²) in [6, 6.07) is 5.28. The fourth-order valence-corrected chi connectivity index (χ4v) is 2.84. The molecule has 1 saturated carbocycles.